The van der Waals surface area contributed by atoms with Crippen LogP contribution in [-0.4, -0.2) is 11.7 Å². The first-order valence-corrected chi connectivity index (χ1v) is 4.56. The number of rotatable bonds is 0. The molecule has 0 spiro atoms. The van der Waals surface area contributed by atoms with E-state index in [4.69, 9.17) is 4.74 Å². The summed E-state index contributed by atoms with van der Waals surface area (Å²) in [5, 5.41) is 9.71. The number of hydrogen-bond donors (Lipinski definition) is 1. The summed E-state index contributed by atoms with van der Waals surface area (Å²) in [7, 11) is 0. The topological polar surface area (TPSA) is 29.5 Å². The number of phenolic OH excluding ortho intramolecular Hbond substituents is 1. The molecule has 0 amide bonds. The SMILES string of the molecule is CC1(C)CCOc2cccc(O)c21. The molecule has 0 bridgehead atoms. The van der Waals surface area contributed by atoms with Crippen LogP contribution in [0.4, 0.5) is 0 Å². The van der Waals surface area contributed by atoms with Crippen LogP contribution in [-0.2, 0) is 5.41 Å². The second-order valence-electron chi connectivity index (χ2n) is 4.13. The van der Waals surface area contributed by atoms with Crippen LogP contribution >= 0.6 is 0 Å². The first-order chi connectivity index (χ1) is 6.11. The molecule has 2 rings (SSSR count). The molecule has 1 aliphatic heterocycles. The van der Waals surface area contributed by atoms with E-state index < -0.39 is 0 Å². The number of phenols is 1. The number of hydrogen-bond acceptors (Lipinski definition) is 2. The average molecular weight is 178 g/mol. The highest BCUT2D eigenvalue weighted by atomic mass is 16.5. The highest BCUT2D eigenvalue weighted by molar-refractivity contribution is 5.49. The van der Waals surface area contributed by atoms with E-state index in [1.54, 1.807) is 6.07 Å². The van der Waals surface area contributed by atoms with Gasteiger partial charge in [0, 0.05) is 11.0 Å². The molecule has 0 radical (unpaired) electrons. The van der Waals surface area contributed by atoms with Gasteiger partial charge in [-0.3, -0.25) is 0 Å². The Hall–Kier alpha value is -1.18. The van der Waals surface area contributed by atoms with Crippen molar-refractivity contribution in [2.45, 2.75) is 25.7 Å². The Morgan fingerprint density at radius 2 is 2.15 bits per heavy atom. The predicted molar refractivity (Wildman–Crippen MR) is 51.2 cm³/mol. The van der Waals surface area contributed by atoms with Crippen molar-refractivity contribution in [3.63, 3.8) is 0 Å². The van der Waals surface area contributed by atoms with Crippen molar-refractivity contribution in [1.29, 1.82) is 0 Å². The Kier molecular flexibility index (Phi) is 1.72. The molecular weight excluding hydrogens is 164 g/mol. The Morgan fingerprint density at radius 1 is 1.38 bits per heavy atom. The lowest BCUT2D eigenvalue weighted by molar-refractivity contribution is 0.228. The van der Waals surface area contributed by atoms with E-state index in [0.29, 0.717) is 5.75 Å². The molecule has 1 heterocycles. The van der Waals surface area contributed by atoms with Crippen LogP contribution in [0.1, 0.15) is 25.8 Å². The smallest absolute Gasteiger partial charge is 0.126 e. The van der Waals surface area contributed by atoms with Gasteiger partial charge in [0.2, 0.25) is 0 Å². The van der Waals surface area contributed by atoms with E-state index >= 15 is 0 Å². The zero-order valence-electron chi connectivity index (χ0n) is 8.00. The van der Waals surface area contributed by atoms with Gasteiger partial charge < -0.3 is 9.84 Å². The Morgan fingerprint density at radius 3 is 2.85 bits per heavy atom. The lowest BCUT2D eigenvalue weighted by Gasteiger charge is -2.32. The minimum absolute atomic E-state index is 0.0267. The van der Waals surface area contributed by atoms with Crippen LogP contribution in [0.5, 0.6) is 11.5 Å². The second-order valence-corrected chi connectivity index (χ2v) is 4.13. The summed E-state index contributed by atoms with van der Waals surface area (Å²) in [5.74, 6) is 1.18. The van der Waals surface area contributed by atoms with Crippen LogP contribution in [0.2, 0.25) is 0 Å². The van der Waals surface area contributed by atoms with Gasteiger partial charge in [0.05, 0.1) is 6.61 Å². The molecule has 0 fully saturated rings. The number of ether oxygens (including phenoxy) is 1. The summed E-state index contributed by atoms with van der Waals surface area (Å²) in [4.78, 5) is 0. The molecule has 0 unspecified atom stereocenters. The monoisotopic (exact) mass is 178 g/mol. The third-order valence-electron chi connectivity index (χ3n) is 2.67. The van der Waals surface area contributed by atoms with Gasteiger partial charge in [0.1, 0.15) is 11.5 Å². The quantitative estimate of drug-likeness (QED) is 0.661. The van der Waals surface area contributed by atoms with Crippen molar-refractivity contribution >= 4 is 0 Å². The van der Waals surface area contributed by atoms with Gasteiger partial charge in [-0.05, 0) is 18.6 Å². The lowest BCUT2D eigenvalue weighted by atomic mass is 9.79. The number of aromatic hydroxyl groups is 1. The summed E-state index contributed by atoms with van der Waals surface area (Å²) in [6, 6.07) is 5.45. The maximum atomic E-state index is 9.71. The zero-order chi connectivity index (χ0) is 9.47. The molecule has 0 atom stereocenters. The van der Waals surface area contributed by atoms with Crippen molar-refractivity contribution in [2.75, 3.05) is 6.61 Å². The molecule has 70 valence electrons. The van der Waals surface area contributed by atoms with Crippen LogP contribution in [0.15, 0.2) is 18.2 Å². The zero-order valence-corrected chi connectivity index (χ0v) is 8.00. The molecular formula is C11H14O2. The Bertz CT molecular complexity index is 329. The minimum Gasteiger partial charge on any atom is -0.508 e. The highest BCUT2D eigenvalue weighted by Crippen LogP contribution is 2.43. The van der Waals surface area contributed by atoms with E-state index in [9.17, 15) is 5.11 Å². The van der Waals surface area contributed by atoms with Gasteiger partial charge in [0.15, 0.2) is 0 Å². The average Bonchev–Trinajstić information content (AvgIpc) is 2.02. The van der Waals surface area contributed by atoms with Crippen molar-refractivity contribution in [3.8, 4) is 11.5 Å². The molecule has 0 saturated carbocycles. The molecule has 2 nitrogen and oxygen atoms in total. The van der Waals surface area contributed by atoms with Crippen LogP contribution < -0.4 is 4.74 Å². The highest BCUT2D eigenvalue weighted by Gasteiger charge is 2.31. The fraction of sp³-hybridized carbons (Fsp3) is 0.455. The molecule has 1 aliphatic rings. The largest absolute Gasteiger partial charge is 0.508 e. The summed E-state index contributed by atoms with van der Waals surface area (Å²) in [6.07, 6.45) is 0.956. The molecule has 1 N–H and O–H groups in total. The van der Waals surface area contributed by atoms with Crippen molar-refractivity contribution in [2.24, 2.45) is 0 Å². The maximum absolute atomic E-state index is 9.71. The van der Waals surface area contributed by atoms with E-state index in [-0.39, 0.29) is 5.41 Å². The molecule has 0 saturated heterocycles. The minimum atomic E-state index is 0.0267. The normalized spacial score (nSPS) is 18.9. The van der Waals surface area contributed by atoms with E-state index in [1.807, 2.05) is 12.1 Å². The molecule has 1 aromatic rings. The van der Waals surface area contributed by atoms with Crippen molar-refractivity contribution in [3.05, 3.63) is 23.8 Å². The van der Waals surface area contributed by atoms with Crippen molar-refractivity contribution in [1.82, 2.24) is 0 Å². The predicted octanol–water partition coefficient (Wildman–Crippen LogP) is 2.45. The van der Waals surface area contributed by atoms with E-state index in [0.717, 1.165) is 24.3 Å². The van der Waals surface area contributed by atoms with E-state index in [1.165, 1.54) is 0 Å². The second kappa shape index (κ2) is 2.66. The van der Waals surface area contributed by atoms with Gasteiger partial charge in [0.25, 0.3) is 0 Å². The molecule has 13 heavy (non-hydrogen) atoms. The Labute approximate surface area is 78.2 Å². The van der Waals surface area contributed by atoms with Gasteiger partial charge in [-0.2, -0.15) is 0 Å². The first kappa shape index (κ1) is 8.42. The number of fused-ring (bicyclic) bond motifs is 1. The fourth-order valence-corrected chi connectivity index (χ4v) is 1.86. The van der Waals surface area contributed by atoms with Gasteiger partial charge in [-0.1, -0.05) is 19.9 Å². The third kappa shape index (κ3) is 1.26. The van der Waals surface area contributed by atoms with Gasteiger partial charge >= 0.3 is 0 Å². The maximum Gasteiger partial charge on any atom is 0.126 e. The van der Waals surface area contributed by atoms with Gasteiger partial charge in [-0.15, -0.1) is 0 Å². The fourth-order valence-electron chi connectivity index (χ4n) is 1.86. The van der Waals surface area contributed by atoms with E-state index in [2.05, 4.69) is 13.8 Å². The number of benzene rings is 1. The van der Waals surface area contributed by atoms with Gasteiger partial charge in [-0.25, -0.2) is 0 Å². The lowest BCUT2D eigenvalue weighted by Crippen LogP contribution is -2.26. The first-order valence-electron chi connectivity index (χ1n) is 4.56. The van der Waals surface area contributed by atoms with Crippen LogP contribution in [0.3, 0.4) is 0 Å². The Balaban J connectivity index is 2.61. The molecule has 1 aromatic carbocycles. The summed E-state index contributed by atoms with van der Waals surface area (Å²) < 4.78 is 5.48. The third-order valence-corrected chi connectivity index (χ3v) is 2.67. The molecule has 2 heteroatoms. The summed E-state index contributed by atoms with van der Waals surface area (Å²) >= 11 is 0. The summed E-state index contributed by atoms with van der Waals surface area (Å²) in [5.41, 5.74) is 0.972. The molecule has 0 aromatic heterocycles. The standard InChI is InChI=1S/C11H14O2/c1-11(2)6-7-13-9-5-3-4-8(12)10(9)11/h3-5,12H,6-7H2,1-2H3. The molecule has 0 aliphatic carbocycles. The van der Waals surface area contributed by atoms with Crippen LogP contribution in [0.25, 0.3) is 0 Å². The van der Waals surface area contributed by atoms with Crippen LogP contribution in [0, 0.1) is 0 Å². The van der Waals surface area contributed by atoms with Crippen molar-refractivity contribution < 1.29 is 9.84 Å². The summed E-state index contributed by atoms with van der Waals surface area (Å²) in [6.45, 7) is 5.01.